The summed E-state index contributed by atoms with van der Waals surface area (Å²) in [6.45, 7) is 3.56. The van der Waals surface area contributed by atoms with Crippen molar-refractivity contribution in [3.63, 3.8) is 0 Å². The molecule has 0 amide bonds. The zero-order chi connectivity index (χ0) is 15.4. The topological polar surface area (TPSA) is 118 Å². The number of amidine groups is 1. The monoisotopic (exact) mass is 311 g/mol. The molecule has 1 saturated heterocycles. The van der Waals surface area contributed by atoms with Crippen molar-refractivity contribution < 1.29 is 10.1 Å². The second-order valence-electron chi connectivity index (χ2n) is 4.66. The van der Waals surface area contributed by atoms with Gasteiger partial charge in [0.2, 0.25) is 5.82 Å². The molecule has 1 aliphatic heterocycles. The summed E-state index contributed by atoms with van der Waals surface area (Å²) in [7, 11) is 0. The van der Waals surface area contributed by atoms with Crippen molar-refractivity contribution >= 4 is 29.1 Å². The van der Waals surface area contributed by atoms with Gasteiger partial charge in [0.1, 0.15) is 0 Å². The Labute approximate surface area is 126 Å². The molecular formula is C12H17N5O3S. The van der Waals surface area contributed by atoms with Gasteiger partial charge in [0.25, 0.3) is 0 Å². The minimum absolute atomic E-state index is 0.124. The van der Waals surface area contributed by atoms with Gasteiger partial charge in [-0.1, -0.05) is 12.1 Å². The molecule has 1 aliphatic rings. The highest BCUT2D eigenvalue weighted by Crippen LogP contribution is 2.31. The third-order valence-corrected chi connectivity index (χ3v) is 4.71. The van der Waals surface area contributed by atoms with Gasteiger partial charge in [-0.15, -0.1) is 0 Å². The summed E-state index contributed by atoms with van der Waals surface area (Å²) in [4.78, 5) is 16.9. The maximum Gasteiger partial charge on any atom is 0.312 e. The fourth-order valence-corrected chi connectivity index (χ4v) is 3.36. The molecule has 1 aromatic rings. The number of hydrogen-bond donors (Lipinski definition) is 2. The largest absolute Gasteiger partial charge is 0.409 e. The highest BCUT2D eigenvalue weighted by molar-refractivity contribution is 8.00. The van der Waals surface area contributed by atoms with Crippen LogP contribution in [-0.2, 0) is 0 Å². The van der Waals surface area contributed by atoms with Gasteiger partial charge >= 0.3 is 5.69 Å². The van der Waals surface area contributed by atoms with Gasteiger partial charge in [-0.2, -0.15) is 11.8 Å². The SMILES string of the molecule is CCC1CN(c2ncc(C(N)=NO)cc2[N+](=O)[O-])CCS1. The molecule has 1 aromatic heterocycles. The maximum atomic E-state index is 11.3. The molecule has 9 heteroatoms. The van der Waals surface area contributed by atoms with E-state index in [1.807, 2.05) is 16.7 Å². The third-order valence-electron chi connectivity index (χ3n) is 3.34. The van der Waals surface area contributed by atoms with E-state index in [1.165, 1.54) is 12.3 Å². The van der Waals surface area contributed by atoms with Crippen molar-refractivity contribution in [1.82, 2.24) is 4.98 Å². The number of nitrogens with zero attached hydrogens (tertiary/aromatic N) is 4. The molecule has 1 unspecified atom stereocenters. The van der Waals surface area contributed by atoms with Crippen LogP contribution in [0.2, 0.25) is 0 Å². The molecule has 114 valence electrons. The van der Waals surface area contributed by atoms with Crippen LogP contribution in [0.1, 0.15) is 18.9 Å². The number of nitrogens with two attached hydrogens (primary N) is 1. The Bertz CT molecular complexity index is 566. The van der Waals surface area contributed by atoms with Gasteiger partial charge in [-0.05, 0) is 6.42 Å². The fraction of sp³-hybridized carbons (Fsp3) is 0.500. The van der Waals surface area contributed by atoms with E-state index >= 15 is 0 Å². The molecule has 0 radical (unpaired) electrons. The van der Waals surface area contributed by atoms with Crippen LogP contribution in [0, 0.1) is 10.1 Å². The number of thioether (sulfide) groups is 1. The summed E-state index contributed by atoms with van der Waals surface area (Å²) >= 11 is 1.88. The molecule has 3 N–H and O–H groups in total. The number of rotatable bonds is 4. The van der Waals surface area contributed by atoms with Crippen molar-refractivity contribution in [1.29, 1.82) is 0 Å². The molecule has 0 saturated carbocycles. The smallest absolute Gasteiger partial charge is 0.312 e. The highest BCUT2D eigenvalue weighted by atomic mass is 32.2. The van der Waals surface area contributed by atoms with Crippen molar-refractivity contribution in [3.8, 4) is 0 Å². The standard InChI is InChI=1S/C12H17N5O3S/c1-2-9-7-16(3-4-21-9)12-10(17(19)20)5-8(6-14-12)11(13)15-18/h5-6,9,18H,2-4,7H2,1H3,(H2,13,15). The number of oxime groups is 1. The number of nitro groups is 1. The highest BCUT2D eigenvalue weighted by Gasteiger charge is 2.27. The van der Waals surface area contributed by atoms with Crippen LogP contribution >= 0.6 is 11.8 Å². The molecule has 0 aliphatic carbocycles. The van der Waals surface area contributed by atoms with Crippen molar-refractivity contribution in [2.75, 3.05) is 23.7 Å². The third kappa shape index (κ3) is 3.35. The van der Waals surface area contributed by atoms with Crippen molar-refractivity contribution in [2.24, 2.45) is 10.9 Å². The lowest BCUT2D eigenvalue weighted by Crippen LogP contribution is -2.38. The summed E-state index contributed by atoms with van der Waals surface area (Å²) in [5, 5.41) is 23.2. The summed E-state index contributed by atoms with van der Waals surface area (Å²) < 4.78 is 0. The average molecular weight is 311 g/mol. The molecule has 1 fully saturated rings. The van der Waals surface area contributed by atoms with E-state index in [9.17, 15) is 10.1 Å². The summed E-state index contributed by atoms with van der Waals surface area (Å²) in [5.74, 6) is 1.06. The van der Waals surface area contributed by atoms with E-state index < -0.39 is 4.92 Å². The first-order valence-electron chi connectivity index (χ1n) is 6.55. The van der Waals surface area contributed by atoms with Gasteiger partial charge in [0.15, 0.2) is 5.84 Å². The Hall–Kier alpha value is -2.03. The van der Waals surface area contributed by atoms with Crippen LogP contribution in [0.5, 0.6) is 0 Å². The second kappa shape index (κ2) is 6.61. The quantitative estimate of drug-likeness (QED) is 0.284. The Morgan fingerprint density at radius 2 is 2.52 bits per heavy atom. The van der Waals surface area contributed by atoms with Gasteiger partial charge in [0.05, 0.1) is 4.92 Å². The molecule has 0 spiro atoms. The molecule has 0 aromatic carbocycles. The lowest BCUT2D eigenvalue weighted by atomic mass is 10.2. The van der Waals surface area contributed by atoms with Crippen molar-refractivity contribution in [2.45, 2.75) is 18.6 Å². The Morgan fingerprint density at radius 3 is 3.14 bits per heavy atom. The van der Waals surface area contributed by atoms with Crippen LogP contribution in [0.4, 0.5) is 11.5 Å². The first-order chi connectivity index (χ1) is 10.1. The van der Waals surface area contributed by atoms with Crippen LogP contribution in [0.25, 0.3) is 0 Å². The van der Waals surface area contributed by atoms with Gasteiger partial charge in [-0.3, -0.25) is 10.1 Å². The molecule has 0 bridgehead atoms. The number of hydrogen-bond acceptors (Lipinski definition) is 7. The molecule has 2 rings (SSSR count). The Balaban J connectivity index is 2.36. The summed E-state index contributed by atoms with van der Waals surface area (Å²) in [6.07, 6.45) is 2.40. The molecule has 8 nitrogen and oxygen atoms in total. The van der Waals surface area contributed by atoms with Crippen LogP contribution in [-0.4, -0.2) is 45.0 Å². The number of aromatic nitrogens is 1. The lowest BCUT2D eigenvalue weighted by molar-refractivity contribution is -0.384. The Kier molecular flexibility index (Phi) is 4.84. The molecule has 2 heterocycles. The minimum atomic E-state index is -0.487. The molecule has 1 atom stereocenters. The first-order valence-corrected chi connectivity index (χ1v) is 7.60. The predicted molar refractivity (Wildman–Crippen MR) is 82.2 cm³/mol. The fourth-order valence-electron chi connectivity index (χ4n) is 2.18. The molecule has 21 heavy (non-hydrogen) atoms. The summed E-state index contributed by atoms with van der Waals surface area (Å²) in [6, 6.07) is 1.29. The van der Waals surface area contributed by atoms with Gasteiger partial charge < -0.3 is 15.8 Å². The molecular weight excluding hydrogens is 294 g/mol. The minimum Gasteiger partial charge on any atom is -0.409 e. The van der Waals surface area contributed by atoms with E-state index in [2.05, 4.69) is 17.1 Å². The number of pyridine rings is 1. The van der Waals surface area contributed by atoms with Gasteiger partial charge in [0, 0.05) is 41.9 Å². The zero-order valence-corrected chi connectivity index (χ0v) is 12.4. The average Bonchev–Trinajstić information content (AvgIpc) is 2.53. The summed E-state index contributed by atoms with van der Waals surface area (Å²) in [5.41, 5.74) is 5.56. The zero-order valence-electron chi connectivity index (χ0n) is 11.6. The normalized spacial score (nSPS) is 19.6. The van der Waals surface area contributed by atoms with E-state index in [0.717, 1.165) is 25.3 Å². The second-order valence-corrected chi connectivity index (χ2v) is 6.06. The van der Waals surface area contributed by atoms with E-state index in [0.29, 0.717) is 11.1 Å². The van der Waals surface area contributed by atoms with E-state index in [1.54, 1.807) is 0 Å². The first kappa shape index (κ1) is 15.4. The predicted octanol–water partition coefficient (Wildman–Crippen LogP) is 1.42. The van der Waals surface area contributed by atoms with Crippen molar-refractivity contribution in [3.05, 3.63) is 27.9 Å². The van der Waals surface area contributed by atoms with Crippen LogP contribution in [0.3, 0.4) is 0 Å². The van der Waals surface area contributed by atoms with Crippen LogP contribution < -0.4 is 10.6 Å². The van der Waals surface area contributed by atoms with Gasteiger partial charge in [-0.25, -0.2) is 4.98 Å². The lowest BCUT2D eigenvalue weighted by Gasteiger charge is -2.32. The Morgan fingerprint density at radius 1 is 1.76 bits per heavy atom. The van der Waals surface area contributed by atoms with Crippen LogP contribution in [0.15, 0.2) is 17.4 Å². The number of anilines is 1. The maximum absolute atomic E-state index is 11.3. The van der Waals surface area contributed by atoms with E-state index in [-0.39, 0.29) is 17.1 Å². The van der Waals surface area contributed by atoms with E-state index in [4.69, 9.17) is 10.9 Å².